The van der Waals surface area contributed by atoms with Gasteiger partial charge in [0.05, 0.1) is 31.2 Å². The lowest BCUT2D eigenvalue weighted by Crippen LogP contribution is -2.32. The number of ether oxygens (including phenoxy) is 2. The normalized spacial score (nSPS) is 13.6. The maximum absolute atomic E-state index is 13.5. The number of methoxy groups -OCH3 is 2. The lowest BCUT2D eigenvalue weighted by atomic mass is 10.0. The molecule has 6 nitrogen and oxygen atoms in total. The van der Waals surface area contributed by atoms with Crippen molar-refractivity contribution in [3.8, 4) is 11.5 Å². The Balaban J connectivity index is 1.84. The summed E-state index contributed by atoms with van der Waals surface area (Å²) in [4.78, 5) is 28.0. The molecule has 0 bridgehead atoms. The molecular formula is C25H21FN2O4. The number of rotatable bonds is 6. The van der Waals surface area contributed by atoms with E-state index in [-0.39, 0.29) is 11.3 Å². The Hall–Kier alpha value is -4.13. The van der Waals surface area contributed by atoms with Crippen LogP contribution in [0.15, 0.2) is 72.4 Å². The van der Waals surface area contributed by atoms with E-state index in [9.17, 15) is 14.0 Å². The second kappa shape index (κ2) is 8.55. The lowest BCUT2D eigenvalue weighted by molar-refractivity contribution is -0.120. The maximum atomic E-state index is 13.5. The van der Waals surface area contributed by atoms with E-state index in [0.717, 1.165) is 10.5 Å². The lowest BCUT2D eigenvalue weighted by Gasteiger charge is -2.16. The van der Waals surface area contributed by atoms with Gasteiger partial charge < -0.3 is 14.8 Å². The average molecular weight is 432 g/mol. The van der Waals surface area contributed by atoms with Crippen molar-refractivity contribution in [1.82, 2.24) is 0 Å². The molecule has 4 rings (SSSR count). The van der Waals surface area contributed by atoms with Crippen molar-refractivity contribution in [3.05, 3.63) is 89.4 Å². The fourth-order valence-corrected chi connectivity index (χ4v) is 3.57. The molecule has 0 radical (unpaired) electrons. The zero-order chi connectivity index (χ0) is 22.8. The molecule has 0 saturated heterocycles. The first kappa shape index (κ1) is 21.1. The molecule has 1 heterocycles. The number of carbonyl (C=O) groups is 2. The van der Waals surface area contributed by atoms with Gasteiger partial charge in [-0.1, -0.05) is 24.3 Å². The summed E-state index contributed by atoms with van der Waals surface area (Å²) >= 11 is 0. The highest BCUT2D eigenvalue weighted by atomic mass is 19.1. The van der Waals surface area contributed by atoms with Gasteiger partial charge in [0.15, 0.2) is 0 Å². The third kappa shape index (κ3) is 3.80. The summed E-state index contributed by atoms with van der Waals surface area (Å²) in [7, 11) is 3.03. The Labute approximate surface area is 184 Å². The van der Waals surface area contributed by atoms with Crippen molar-refractivity contribution in [2.75, 3.05) is 24.4 Å². The molecular weight excluding hydrogens is 411 g/mol. The Morgan fingerprint density at radius 2 is 1.62 bits per heavy atom. The van der Waals surface area contributed by atoms with Crippen LogP contribution >= 0.6 is 0 Å². The molecule has 0 aromatic heterocycles. The number of hydrogen-bond donors (Lipinski definition) is 1. The standard InChI is InChI=1S/C25H21FN2O4/c1-15-5-4-6-18(13-15)28-24(29)22(16-7-9-17(26)10-8-16)23(25(28)30)27-20-12-11-19(31-2)14-21(20)32-3/h4-14,27H,1-3H3. The Bertz CT molecular complexity index is 1230. The SMILES string of the molecule is COc1ccc(NC2=C(c3ccc(F)cc3)C(=O)N(c3cccc(C)c3)C2=O)c(OC)c1. The predicted octanol–water partition coefficient (Wildman–Crippen LogP) is 4.55. The third-order valence-corrected chi connectivity index (χ3v) is 5.15. The minimum absolute atomic E-state index is 0.0755. The number of halogens is 1. The van der Waals surface area contributed by atoms with Gasteiger partial charge in [0, 0.05) is 6.07 Å². The van der Waals surface area contributed by atoms with Gasteiger partial charge in [-0.05, 0) is 54.4 Å². The second-order valence-electron chi connectivity index (χ2n) is 7.23. The van der Waals surface area contributed by atoms with Crippen molar-refractivity contribution in [2.24, 2.45) is 0 Å². The highest BCUT2D eigenvalue weighted by Gasteiger charge is 2.40. The van der Waals surface area contributed by atoms with E-state index in [1.54, 1.807) is 36.4 Å². The summed E-state index contributed by atoms with van der Waals surface area (Å²) in [6.45, 7) is 1.88. The largest absolute Gasteiger partial charge is 0.497 e. The zero-order valence-electron chi connectivity index (χ0n) is 17.8. The van der Waals surface area contributed by atoms with Crippen LogP contribution in [-0.4, -0.2) is 26.0 Å². The summed E-state index contributed by atoms with van der Waals surface area (Å²) in [6.07, 6.45) is 0. The minimum atomic E-state index is -0.516. The van der Waals surface area contributed by atoms with Gasteiger partial charge in [0.25, 0.3) is 11.8 Å². The van der Waals surface area contributed by atoms with Gasteiger partial charge in [0.2, 0.25) is 0 Å². The summed E-state index contributed by atoms with van der Waals surface area (Å²) < 4.78 is 24.2. The van der Waals surface area contributed by atoms with Crippen LogP contribution in [0.3, 0.4) is 0 Å². The molecule has 1 aliphatic heterocycles. The van der Waals surface area contributed by atoms with Crippen molar-refractivity contribution >= 4 is 28.8 Å². The molecule has 1 N–H and O–H groups in total. The van der Waals surface area contributed by atoms with Crippen molar-refractivity contribution < 1.29 is 23.5 Å². The zero-order valence-corrected chi connectivity index (χ0v) is 17.8. The number of aryl methyl sites for hydroxylation is 1. The van der Waals surface area contributed by atoms with E-state index in [1.807, 2.05) is 13.0 Å². The molecule has 0 saturated carbocycles. The van der Waals surface area contributed by atoms with Crippen molar-refractivity contribution in [1.29, 1.82) is 0 Å². The molecule has 7 heteroatoms. The van der Waals surface area contributed by atoms with E-state index >= 15 is 0 Å². The first-order valence-electron chi connectivity index (χ1n) is 9.87. The van der Waals surface area contributed by atoms with Crippen LogP contribution in [0.1, 0.15) is 11.1 Å². The second-order valence-corrected chi connectivity index (χ2v) is 7.23. The van der Waals surface area contributed by atoms with Gasteiger partial charge >= 0.3 is 0 Å². The Kier molecular flexibility index (Phi) is 5.64. The minimum Gasteiger partial charge on any atom is -0.497 e. The molecule has 0 aliphatic carbocycles. The summed E-state index contributed by atoms with van der Waals surface area (Å²) in [5.41, 5.74) is 2.49. The molecule has 1 aliphatic rings. The Morgan fingerprint density at radius 1 is 0.875 bits per heavy atom. The molecule has 0 spiro atoms. The van der Waals surface area contributed by atoms with Crippen LogP contribution in [0.5, 0.6) is 11.5 Å². The van der Waals surface area contributed by atoms with E-state index in [4.69, 9.17) is 9.47 Å². The molecule has 2 amide bonds. The molecule has 3 aromatic carbocycles. The number of imide groups is 1. The number of nitrogens with one attached hydrogen (secondary N) is 1. The number of amides is 2. The number of benzene rings is 3. The number of hydrogen-bond acceptors (Lipinski definition) is 5. The van der Waals surface area contributed by atoms with Gasteiger partial charge in [-0.2, -0.15) is 0 Å². The highest BCUT2D eigenvalue weighted by Crippen LogP contribution is 2.37. The highest BCUT2D eigenvalue weighted by molar-refractivity contribution is 6.46. The summed E-state index contributed by atoms with van der Waals surface area (Å²) in [5.74, 6) is -0.437. The third-order valence-electron chi connectivity index (χ3n) is 5.15. The molecule has 32 heavy (non-hydrogen) atoms. The van der Waals surface area contributed by atoms with Crippen molar-refractivity contribution in [3.63, 3.8) is 0 Å². The van der Waals surface area contributed by atoms with E-state index in [1.165, 1.54) is 38.5 Å². The van der Waals surface area contributed by atoms with Crippen LogP contribution in [-0.2, 0) is 9.59 Å². The smallest absolute Gasteiger partial charge is 0.282 e. The molecule has 3 aromatic rings. The van der Waals surface area contributed by atoms with E-state index < -0.39 is 17.6 Å². The number of nitrogens with zero attached hydrogens (tertiary/aromatic N) is 1. The van der Waals surface area contributed by atoms with Crippen LogP contribution in [0.25, 0.3) is 5.57 Å². The predicted molar refractivity (Wildman–Crippen MR) is 120 cm³/mol. The van der Waals surface area contributed by atoms with Gasteiger partial charge in [-0.15, -0.1) is 0 Å². The summed E-state index contributed by atoms with van der Waals surface area (Å²) in [6, 6.07) is 17.6. The first-order chi connectivity index (χ1) is 15.4. The van der Waals surface area contributed by atoms with Gasteiger partial charge in [-0.3, -0.25) is 9.59 Å². The van der Waals surface area contributed by atoms with Gasteiger partial charge in [-0.25, -0.2) is 9.29 Å². The molecule has 0 unspecified atom stereocenters. The number of carbonyl (C=O) groups excluding carboxylic acids is 2. The van der Waals surface area contributed by atoms with Crippen molar-refractivity contribution in [2.45, 2.75) is 6.92 Å². The summed E-state index contributed by atoms with van der Waals surface area (Å²) in [5, 5.41) is 3.06. The van der Waals surface area contributed by atoms with Crippen LogP contribution in [0.2, 0.25) is 0 Å². The topological polar surface area (TPSA) is 67.9 Å². The van der Waals surface area contributed by atoms with E-state index in [2.05, 4.69) is 5.32 Å². The number of anilines is 2. The average Bonchev–Trinajstić information content (AvgIpc) is 3.04. The quantitative estimate of drug-likeness (QED) is 0.579. The first-order valence-corrected chi connectivity index (χ1v) is 9.87. The fraction of sp³-hybridized carbons (Fsp3) is 0.120. The molecule has 0 fully saturated rings. The fourth-order valence-electron chi connectivity index (χ4n) is 3.57. The van der Waals surface area contributed by atoms with Crippen LogP contribution in [0.4, 0.5) is 15.8 Å². The monoisotopic (exact) mass is 432 g/mol. The maximum Gasteiger partial charge on any atom is 0.282 e. The molecule has 0 atom stereocenters. The van der Waals surface area contributed by atoms with Crippen LogP contribution < -0.4 is 19.7 Å². The van der Waals surface area contributed by atoms with Crippen LogP contribution in [0, 0.1) is 12.7 Å². The van der Waals surface area contributed by atoms with E-state index in [0.29, 0.717) is 28.4 Å². The van der Waals surface area contributed by atoms with Gasteiger partial charge in [0.1, 0.15) is 23.0 Å². The molecule has 162 valence electrons. The Morgan fingerprint density at radius 3 is 2.28 bits per heavy atom.